The van der Waals surface area contributed by atoms with E-state index in [0.29, 0.717) is 24.3 Å². The fourth-order valence-corrected chi connectivity index (χ4v) is 10.4. The first-order valence-electron chi connectivity index (χ1n) is 26.0. The molecule has 1 aliphatic rings. The number of benzene rings is 3. The van der Waals surface area contributed by atoms with Crippen molar-refractivity contribution in [2.24, 2.45) is 0 Å². The van der Waals surface area contributed by atoms with Crippen LogP contribution in [0.5, 0.6) is 5.75 Å². The fourth-order valence-electron chi connectivity index (χ4n) is 10.1. The van der Waals surface area contributed by atoms with Gasteiger partial charge in [0.1, 0.15) is 5.75 Å². The highest BCUT2D eigenvalue weighted by Crippen LogP contribution is 2.59. The van der Waals surface area contributed by atoms with Crippen molar-refractivity contribution >= 4 is 14.6 Å². The molecule has 0 heterocycles. The summed E-state index contributed by atoms with van der Waals surface area (Å²) in [6, 6.07) is 9.51. The third-order valence-electron chi connectivity index (χ3n) is 13.7. The minimum Gasteiger partial charge on any atom is -0.462 e. The molecule has 2 bridgehead atoms. The van der Waals surface area contributed by atoms with Gasteiger partial charge in [0.2, 0.25) is 0 Å². The van der Waals surface area contributed by atoms with E-state index in [1.807, 2.05) is 0 Å². The van der Waals surface area contributed by atoms with Gasteiger partial charge in [0.15, 0.2) is 0 Å². The van der Waals surface area contributed by atoms with E-state index in [4.69, 9.17) is 9.26 Å². The van der Waals surface area contributed by atoms with E-state index in [1.165, 1.54) is 81.8 Å². The number of fused-ring (bicyclic) bond motifs is 6. The molecule has 1 aliphatic carbocycles. The van der Waals surface area contributed by atoms with Crippen molar-refractivity contribution in [3.63, 3.8) is 0 Å². The van der Waals surface area contributed by atoms with Crippen LogP contribution in [0.2, 0.25) is 0 Å². The molecule has 3 aromatic carbocycles. The molecule has 0 aliphatic heterocycles. The Kier molecular flexibility index (Phi) is 18.6. The smallest absolute Gasteiger partial charge is 0.391 e. The Bertz CT molecular complexity index is 1990. The van der Waals surface area contributed by atoms with Crippen LogP contribution < -0.4 is 4.52 Å². The Balaban J connectivity index is 2.05. The summed E-state index contributed by atoms with van der Waals surface area (Å²) in [5.74, 6) is 0.128. The SMILES string of the molecule is CCCCCCCCCCCCCCCCOC(=O)c1c2c(C(C)(C)C)c(OP(O)O)c(C(C)(C)C)c1-c1c(cc(C(C)(C)C)cc1C(C)(C)C)Cc1cc(C(C)(C)C)cc(C(C)(C)C)c1-2. The standard InChI is InChI=1S/C60H95O5P/c1-20-21-22-23-24-25-26-27-28-29-30-31-32-33-34-64-54(61)50-48-46-40(36-42(55(2,3)4)38-44(46)57(8,9)10)35-41-37-43(56(5,6)7)39-45(58(11,12)13)47(41)49(50)52(60(17,18)19)53(65-66(62)63)51(48)59(14,15)16/h36-39,62-63H,20-35H2,1-19H3. The molecular weight excluding hydrogens is 832 g/mol. The van der Waals surface area contributed by atoms with Crippen LogP contribution in [0.15, 0.2) is 24.3 Å². The minimum absolute atomic E-state index is 0.147. The molecule has 4 rings (SSSR count). The van der Waals surface area contributed by atoms with E-state index >= 15 is 4.79 Å². The van der Waals surface area contributed by atoms with Crippen molar-refractivity contribution in [1.29, 1.82) is 0 Å². The summed E-state index contributed by atoms with van der Waals surface area (Å²) < 4.78 is 13.1. The highest BCUT2D eigenvalue weighted by Gasteiger charge is 2.44. The Morgan fingerprint density at radius 2 is 0.833 bits per heavy atom. The van der Waals surface area contributed by atoms with Gasteiger partial charge in [-0.25, -0.2) is 4.79 Å². The van der Waals surface area contributed by atoms with E-state index in [2.05, 4.69) is 156 Å². The van der Waals surface area contributed by atoms with Gasteiger partial charge in [0.05, 0.1) is 12.2 Å². The molecule has 3 aromatic rings. The molecule has 0 saturated heterocycles. The Hall–Kier alpha value is -2.72. The number of ether oxygens (including phenoxy) is 1. The lowest BCUT2D eigenvalue weighted by Crippen LogP contribution is -2.29. The number of hydrogen-bond donors (Lipinski definition) is 2. The van der Waals surface area contributed by atoms with Gasteiger partial charge in [0.25, 0.3) is 0 Å². The number of esters is 1. The first kappa shape index (κ1) is 55.9. The Labute approximate surface area is 406 Å². The van der Waals surface area contributed by atoms with Crippen molar-refractivity contribution in [2.45, 2.75) is 260 Å². The summed E-state index contributed by atoms with van der Waals surface area (Å²) in [7, 11) is -2.83. The second-order valence-corrected chi connectivity index (χ2v) is 26.8. The van der Waals surface area contributed by atoms with Gasteiger partial charge < -0.3 is 19.0 Å². The molecule has 0 fully saturated rings. The lowest BCUT2D eigenvalue weighted by molar-refractivity contribution is 0.0499. The number of hydrogen-bond acceptors (Lipinski definition) is 5. The zero-order valence-electron chi connectivity index (χ0n) is 45.7. The van der Waals surface area contributed by atoms with Crippen LogP contribution in [0.3, 0.4) is 0 Å². The van der Waals surface area contributed by atoms with Crippen molar-refractivity contribution in [1.82, 2.24) is 0 Å². The number of unbranched alkanes of at least 4 members (excludes halogenated alkanes) is 13. The van der Waals surface area contributed by atoms with Crippen LogP contribution in [-0.4, -0.2) is 22.4 Å². The maximum Gasteiger partial charge on any atom is 0.391 e. The van der Waals surface area contributed by atoms with E-state index in [1.54, 1.807) is 0 Å². The van der Waals surface area contributed by atoms with Gasteiger partial charge in [-0.15, -0.1) is 0 Å². The molecule has 0 amide bonds. The van der Waals surface area contributed by atoms with Gasteiger partial charge in [-0.3, -0.25) is 0 Å². The predicted octanol–water partition coefficient (Wildman–Crippen LogP) is 17.9. The first-order valence-corrected chi connectivity index (χ1v) is 27.1. The van der Waals surface area contributed by atoms with Gasteiger partial charge in [-0.05, 0) is 89.8 Å². The molecule has 0 aromatic heterocycles. The third-order valence-corrected chi connectivity index (χ3v) is 14.1. The lowest BCUT2D eigenvalue weighted by atomic mass is 9.64. The molecule has 6 heteroatoms. The number of carbonyl (C=O) groups is 1. The highest BCUT2D eigenvalue weighted by molar-refractivity contribution is 7.39. The molecule has 0 atom stereocenters. The highest BCUT2D eigenvalue weighted by atomic mass is 31.2. The molecular formula is C60H95O5P. The zero-order chi connectivity index (χ0) is 49.8. The van der Waals surface area contributed by atoms with Crippen LogP contribution >= 0.6 is 8.60 Å². The first-order chi connectivity index (χ1) is 30.3. The fraction of sp³-hybridized carbons (Fsp3) is 0.683. The molecule has 2 N–H and O–H groups in total. The van der Waals surface area contributed by atoms with Crippen LogP contribution in [0.1, 0.15) is 276 Å². The van der Waals surface area contributed by atoms with E-state index in [-0.39, 0.29) is 27.6 Å². The van der Waals surface area contributed by atoms with Gasteiger partial charge in [-0.2, -0.15) is 0 Å². The van der Waals surface area contributed by atoms with Gasteiger partial charge in [-0.1, -0.05) is 239 Å². The van der Waals surface area contributed by atoms with E-state index in [0.717, 1.165) is 74.9 Å². The molecule has 0 spiro atoms. The third kappa shape index (κ3) is 14.0. The predicted molar refractivity (Wildman–Crippen MR) is 285 cm³/mol. The topological polar surface area (TPSA) is 76.0 Å². The van der Waals surface area contributed by atoms with Crippen molar-refractivity contribution in [2.75, 3.05) is 6.61 Å². The normalized spacial score (nSPS) is 13.7. The van der Waals surface area contributed by atoms with Crippen molar-refractivity contribution in [3.05, 3.63) is 74.3 Å². The van der Waals surface area contributed by atoms with Gasteiger partial charge >= 0.3 is 14.6 Å². The lowest BCUT2D eigenvalue weighted by Gasteiger charge is -2.40. The maximum absolute atomic E-state index is 15.8. The second kappa shape index (κ2) is 21.9. The summed E-state index contributed by atoms with van der Waals surface area (Å²) in [4.78, 5) is 37.8. The summed E-state index contributed by atoms with van der Waals surface area (Å²) in [6.07, 6.45) is 18.3. The van der Waals surface area contributed by atoms with E-state index in [9.17, 15) is 9.79 Å². The second-order valence-electron chi connectivity index (χ2n) is 26.1. The summed E-state index contributed by atoms with van der Waals surface area (Å²) in [5.41, 5.74) is 10.8. The van der Waals surface area contributed by atoms with Crippen LogP contribution in [0.25, 0.3) is 22.3 Å². The summed E-state index contributed by atoms with van der Waals surface area (Å²) >= 11 is 0. The maximum atomic E-state index is 15.8. The monoisotopic (exact) mass is 927 g/mol. The number of carbonyl (C=O) groups excluding carboxylic acids is 1. The van der Waals surface area contributed by atoms with Gasteiger partial charge in [0, 0.05) is 22.3 Å². The summed E-state index contributed by atoms with van der Waals surface area (Å²) in [6.45, 7) is 42.8. The molecule has 5 nitrogen and oxygen atoms in total. The van der Waals surface area contributed by atoms with Crippen LogP contribution in [-0.2, 0) is 43.6 Å². The summed E-state index contributed by atoms with van der Waals surface area (Å²) in [5, 5.41) is 0. The minimum atomic E-state index is -2.83. The van der Waals surface area contributed by atoms with Crippen molar-refractivity contribution in [3.8, 4) is 28.0 Å². The average molecular weight is 927 g/mol. The molecule has 0 unspecified atom stereocenters. The zero-order valence-corrected chi connectivity index (χ0v) is 46.6. The molecule has 370 valence electrons. The molecule has 66 heavy (non-hydrogen) atoms. The van der Waals surface area contributed by atoms with E-state index < -0.39 is 19.4 Å². The van der Waals surface area contributed by atoms with Crippen molar-refractivity contribution < 1.29 is 23.8 Å². The van der Waals surface area contributed by atoms with Crippen LogP contribution in [0.4, 0.5) is 0 Å². The largest absolute Gasteiger partial charge is 0.462 e. The Morgan fingerprint density at radius 1 is 0.485 bits per heavy atom. The quantitative estimate of drug-likeness (QED) is 0.0591. The van der Waals surface area contributed by atoms with Crippen LogP contribution in [0, 0.1) is 0 Å². The Morgan fingerprint density at radius 3 is 1.14 bits per heavy atom. The molecule has 0 radical (unpaired) electrons. The average Bonchev–Trinajstić information content (AvgIpc) is 3.15. The molecule has 0 saturated carbocycles. The number of rotatable bonds is 18.